The monoisotopic (exact) mass is 661 g/mol. The minimum absolute atomic E-state index is 0.0439. The van der Waals surface area contributed by atoms with Gasteiger partial charge in [-0.3, -0.25) is 9.36 Å². The summed E-state index contributed by atoms with van der Waals surface area (Å²) in [5.74, 6) is -0.201. The average molecular weight is 662 g/mol. The fourth-order valence-electron chi connectivity index (χ4n) is 4.59. The second kappa shape index (κ2) is 13.6. The SMILES string of the molecule is CC(C)c1ccc(NC(=O)CSc2nnc(-c3cccc(S(=O)(=O)N4CCOCC4)c3)n2-c2ccc(OC(F)(F)F)cc2)cc1. The standard InChI is InChI=1S/C30H30F3N5O5S2/c1-20(2)21-6-8-23(9-7-21)34-27(39)19-44-29-36-35-28(38(29)24-10-12-25(13-11-24)43-30(31,32)33)22-4-3-5-26(18-22)45(40,41)37-14-16-42-17-15-37/h3-13,18,20H,14-17,19H2,1-2H3,(H,34,39). The second-order valence-electron chi connectivity index (χ2n) is 10.3. The van der Waals surface area contributed by atoms with Gasteiger partial charge in [0.2, 0.25) is 15.9 Å². The van der Waals surface area contributed by atoms with Crippen molar-refractivity contribution in [1.29, 1.82) is 0 Å². The molecule has 2 heterocycles. The van der Waals surface area contributed by atoms with Crippen LogP contribution in [-0.2, 0) is 19.6 Å². The van der Waals surface area contributed by atoms with Gasteiger partial charge in [0, 0.05) is 30.0 Å². The summed E-state index contributed by atoms with van der Waals surface area (Å²) in [4.78, 5) is 12.9. The van der Waals surface area contributed by atoms with Crippen molar-refractivity contribution in [2.75, 3.05) is 37.4 Å². The molecule has 1 N–H and O–H groups in total. The molecule has 0 atom stereocenters. The highest BCUT2D eigenvalue weighted by molar-refractivity contribution is 7.99. The van der Waals surface area contributed by atoms with Crippen molar-refractivity contribution >= 4 is 33.4 Å². The van der Waals surface area contributed by atoms with E-state index in [0.717, 1.165) is 29.5 Å². The Labute approximate surface area is 262 Å². The lowest BCUT2D eigenvalue weighted by molar-refractivity contribution is -0.274. The number of sulfonamides is 1. The summed E-state index contributed by atoms with van der Waals surface area (Å²) < 4.78 is 77.2. The maximum absolute atomic E-state index is 13.3. The molecule has 4 aromatic rings. The molecule has 1 amide bonds. The highest BCUT2D eigenvalue weighted by Gasteiger charge is 2.31. The van der Waals surface area contributed by atoms with Crippen molar-refractivity contribution in [2.24, 2.45) is 0 Å². The van der Waals surface area contributed by atoms with Gasteiger partial charge in [0.05, 0.1) is 23.9 Å². The van der Waals surface area contributed by atoms with Crippen LogP contribution in [0.3, 0.4) is 0 Å². The van der Waals surface area contributed by atoms with Crippen molar-refractivity contribution < 1.29 is 35.9 Å². The first-order valence-electron chi connectivity index (χ1n) is 13.9. The van der Waals surface area contributed by atoms with Gasteiger partial charge < -0.3 is 14.8 Å². The molecule has 0 spiro atoms. The number of amides is 1. The zero-order chi connectivity index (χ0) is 32.2. The van der Waals surface area contributed by atoms with E-state index in [2.05, 4.69) is 34.1 Å². The number of halogens is 3. The van der Waals surface area contributed by atoms with Crippen LogP contribution in [0, 0.1) is 0 Å². The molecule has 0 saturated carbocycles. The number of carbonyl (C=O) groups is 1. The lowest BCUT2D eigenvalue weighted by Gasteiger charge is -2.26. The third-order valence-electron chi connectivity index (χ3n) is 6.86. The molecule has 45 heavy (non-hydrogen) atoms. The summed E-state index contributed by atoms with van der Waals surface area (Å²) in [6, 6.07) is 18.8. The lowest BCUT2D eigenvalue weighted by Crippen LogP contribution is -2.40. The number of hydrogen-bond donors (Lipinski definition) is 1. The number of hydrogen-bond acceptors (Lipinski definition) is 8. The zero-order valence-corrected chi connectivity index (χ0v) is 26.0. The molecule has 1 aromatic heterocycles. The number of thioether (sulfide) groups is 1. The van der Waals surface area contributed by atoms with Gasteiger partial charge in [-0.1, -0.05) is 49.9 Å². The number of aromatic nitrogens is 3. The summed E-state index contributed by atoms with van der Waals surface area (Å²) in [5.41, 5.74) is 2.54. The predicted octanol–water partition coefficient (Wildman–Crippen LogP) is 5.71. The third kappa shape index (κ3) is 8.03. The number of anilines is 1. The number of nitrogens with one attached hydrogen (secondary N) is 1. The molecule has 238 valence electrons. The first kappa shape index (κ1) is 32.5. The van der Waals surface area contributed by atoms with E-state index in [1.54, 1.807) is 16.7 Å². The number of nitrogens with zero attached hydrogens (tertiary/aromatic N) is 4. The largest absolute Gasteiger partial charge is 0.573 e. The van der Waals surface area contributed by atoms with Gasteiger partial charge in [-0.2, -0.15) is 4.31 Å². The van der Waals surface area contributed by atoms with Crippen LogP contribution >= 0.6 is 11.8 Å². The first-order chi connectivity index (χ1) is 21.4. The number of benzene rings is 3. The van der Waals surface area contributed by atoms with Gasteiger partial charge in [-0.15, -0.1) is 23.4 Å². The molecule has 0 bridgehead atoms. The Bertz CT molecular complexity index is 1740. The first-order valence-corrected chi connectivity index (χ1v) is 16.4. The van der Waals surface area contributed by atoms with Crippen LogP contribution in [0.5, 0.6) is 5.75 Å². The summed E-state index contributed by atoms with van der Waals surface area (Å²) in [6.07, 6.45) is -4.86. The molecule has 5 rings (SSSR count). The Balaban J connectivity index is 1.44. The molecule has 0 aliphatic carbocycles. The van der Waals surface area contributed by atoms with Gasteiger partial charge in [0.1, 0.15) is 5.75 Å². The van der Waals surface area contributed by atoms with Crippen molar-refractivity contribution in [3.8, 4) is 22.8 Å². The van der Waals surface area contributed by atoms with Crippen LogP contribution in [0.4, 0.5) is 18.9 Å². The van der Waals surface area contributed by atoms with Gasteiger partial charge in [-0.05, 0) is 60.0 Å². The Hall–Kier alpha value is -3.92. The summed E-state index contributed by atoms with van der Waals surface area (Å²) >= 11 is 1.07. The van der Waals surface area contributed by atoms with Crippen molar-refractivity contribution in [3.63, 3.8) is 0 Å². The zero-order valence-electron chi connectivity index (χ0n) is 24.3. The predicted molar refractivity (Wildman–Crippen MR) is 163 cm³/mol. The molecule has 15 heteroatoms. The van der Waals surface area contributed by atoms with E-state index in [9.17, 15) is 26.4 Å². The summed E-state index contributed by atoms with van der Waals surface area (Å²) in [6.45, 7) is 5.17. The van der Waals surface area contributed by atoms with Gasteiger partial charge >= 0.3 is 6.36 Å². The molecule has 1 aliphatic rings. The van der Waals surface area contributed by atoms with E-state index in [4.69, 9.17) is 4.74 Å². The minimum atomic E-state index is -4.86. The van der Waals surface area contributed by atoms with E-state index in [1.165, 1.54) is 28.6 Å². The van der Waals surface area contributed by atoms with E-state index >= 15 is 0 Å². The Morgan fingerprint density at radius 3 is 2.36 bits per heavy atom. The lowest BCUT2D eigenvalue weighted by atomic mass is 10.0. The number of carbonyl (C=O) groups excluding carboxylic acids is 1. The molecule has 0 unspecified atom stereocenters. The van der Waals surface area contributed by atoms with Gasteiger partial charge in [0.15, 0.2) is 11.0 Å². The fraction of sp³-hybridized carbons (Fsp3) is 0.300. The summed E-state index contributed by atoms with van der Waals surface area (Å²) in [7, 11) is -3.83. The minimum Gasteiger partial charge on any atom is -0.406 e. The van der Waals surface area contributed by atoms with E-state index in [-0.39, 0.29) is 40.6 Å². The summed E-state index contributed by atoms with van der Waals surface area (Å²) in [5, 5.41) is 11.6. The molecular formula is C30H30F3N5O5S2. The van der Waals surface area contributed by atoms with Crippen LogP contribution in [0.2, 0.25) is 0 Å². The topological polar surface area (TPSA) is 116 Å². The maximum Gasteiger partial charge on any atom is 0.573 e. The van der Waals surface area contributed by atoms with Crippen LogP contribution in [-0.4, -0.2) is 71.8 Å². The number of morpholine rings is 1. The van der Waals surface area contributed by atoms with Crippen LogP contribution in [0.15, 0.2) is 82.8 Å². The molecule has 3 aromatic carbocycles. The molecule has 1 fully saturated rings. The highest BCUT2D eigenvalue weighted by atomic mass is 32.2. The molecule has 1 aliphatic heterocycles. The Morgan fingerprint density at radius 1 is 1.02 bits per heavy atom. The van der Waals surface area contributed by atoms with E-state index in [0.29, 0.717) is 36.1 Å². The van der Waals surface area contributed by atoms with Crippen LogP contribution in [0.1, 0.15) is 25.3 Å². The normalized spacial score (nSPS) is 14.4. The third-order valence-corrected chi connectivity index (χ3v) is 9.68. The molecule has 10 nitrogen and oxygen atoms in total. The highest BCUT2D eigenvalue weighted by Crippen LogP contribution is 2.32. The van der Waals surface area contributed by atoms with Crippen molar-refractivity contribution in [3.05, 3.63) is 78.4 Å². The fourth-order valence-corrected chi connectivity index (χ4v) is 6.80. The van der Waals surface area contributed by atoms with Crippen LogP contribution in [0.25, 0.3) is 17.1 Å². The number of rotatable bonds is 10. The van der Waals surface area contributed by atoms with E-state index in [1.807, 2.05) is 24.3 Å². The number of alkyl halides is 3. The Kier molecular flexibility index (Phi) is 9.82. The van der Waals surface area contributed by atoms with Crippen molar-refractivity contribution in [2.45, 2.75) is 36.2 Å². The molecule has 1 saturated heterocycles. The quantitative estimate of drug-likeness (QED) is 0.215. The second-order valence-corrected chi connectivity index (χ2v) is 13.2. The van der Waals surface area contributed by atoms with E-state index < -0.39 is 22.1 Å². The van der Waals surface area contributed by atoms with Gasteiger partial charge in [0.25, 0.3) is 0 Å². The van der Waals surface area contributed by atoms with Crippen LogP contribution < -0.4 is 10.1 Å². The molecular weight excluding hydrogens is 631 g/mol. The maximum atomic E-state index is 13.3. The smallest absolute Gasteiger partial charge is 0.406 e. The Morgan fingerprint density at radius 2 is 1.71 bits per heavy atom. The van der Waals surface area contributed by atoms with Gasteiger partial charge in [-0.25, -0.2) is 8.42 Å². The molecule has 0 radical (unpaired) electrons. The number of ether oxygens (including phenoxy) is 2. The average Bonchev–Trinajstić information content (AvgIpc) is 3.44. The van der Waals surface area contributed by atoms with Crippen molar-refractivity contribution in [1.82, 2.24) is 19.1 Å².